The minimum Gasteiger partial charge on any atom is -0.382 e. The van der Waals surface area contributed by atoms with Crippen LogP contribution in [-0.2, 0) is 4.74 Å². The van der Waals surface area contributed by atoms with E-state index in [4.69, 9.17) is 16.3 Å². The first-order chi connectivity index (χ1) is 8.95. The zero-order valence-corrected chi connectivity index (χ0v) is 11.7. The Bertz CT molecular complexity index is 471. The van der Waals surface area contributed by atoms with Gasteiger partial charge in [-0.05, 0) is 38.8 Å². The molecule has 0 saturated carbocycles. The van der Waals surface area contributed by atoms with Crippen LogP contribution in [0.2, 0.25) is 5.02 Å². The molecule has 19 heavy (non-hydrogen) atoms. The number of hydrogen-bond donors (Lipinski definition) is 1. The van der Waals surface area contributed by atoms with Crippen LogP contribution in [0.25, 0.3) is 0 Å². The van der Waals surface area contributed by atoms with Gasteiger partial charge >= 0.3 is 0 Å². The predicted octanol–water partition coefficient (Wildman–Crippen LogP) is 3.62. The SMILES string of the molecule is CC1CC(Nc2ccc([N+](=O)[O-])c(Cl)c2)CC(C)O1. The van der Waals surface area contributed by atoms with Crippen molar-refractivity contribution in [3.63, 3.8) is 0 Å². The van der Waals surface area contributed by atoms with Gasteiger partial charge < -0.3 is 10.1 Å². The van der Waals surface area contributed by atoms with E-state index in [-0.39, 0.29) is 22.9 Å². The second kappa shape index (κ2) is 5.75. The summed E-state index contributed by atoms with van der Waals surface area (Å²) in [6, 6.07) is 5.02. The summed E-state index contributed by atoms with van der Waals surface area (Å²) in [5.41, 5.74) is 0.739. The molecule has 2 unspecified atom stereocenters. The summed E-state index contributed by atoms with van der Waals surface area (Å²) < 4.78 is 5.67. The van der Waals surface area contributed by atoms with Gasteiger partial charge in [0.1, 0.15) is 5.02 Å². The molecule has 1 fully saturated rings. The highest BCUT2D eigenvalue weighted by molar-refractivity contribution is 6.32. The third kappa shape index (κ3) is 3.58. The number of nitrogens with one attached hydrogen (secondary N) is 1. The molecule has 1 N–H and O–H groups in total. The van der Waals surface area contributed by atoms with Gasteiger partial charge in [-0.25, -0.2) is 0 Å². The van der Waals surface area contributed by atoms with Crippen molar-refractivity contribution in [3.8, 4) is 0 Å². The average Bonchev–Trinajstić information content (AvgIpc) is 2.26. The summed E-state index contributed by atoms with van der Waals surface area (Å²) in [7, 11) is 0. The van der Waals surface area contributed by atoms with E-state index in [9.17, 15) is 10.1 Å². The highest BCUT2D eigenvalue weighted by Crippen LogP contribution is 2.29. The van der Waals surface area contributed by atoms with Crippen LogP contribution in [-0.4, -0.2) is 23.2 Å². The molecular formula is C13H17ClN2O3. The zero-order valence-electron chi connectivity index (χ0n) is 10.9. The summed E-state index contributed by atoms with van der Waals surface area (Å²) in [4.78, 5) is 10.2. The number of benzene rings is 1. The molecule has 0 aliphatic carbocycles. The van der Waals surface area contributed by atoms with Crippen molar-refractivity contribution in [2.75, 3.05) is 5.32 Å². The molecule has 1 aliphatic heterocycles. The lowest BCUT2D eigenvalue weighted by Gasteiger charge is -2.33. The lowest BCUT2D eigenvalue weighted by molar-refractivity contribution is -0.384. The number of hydrogen-bond acceptors (Lipinski definition) is 4. The Morgan fingerprint density at radius 2 is 2.00 bits per heavy atom. The van der Waals surface area contributed by atoms with E-state index < -0.39 is 4.92 Å². The van der Waals surface area contributed by atoms with Crippen molar-refractivity contribution in [1.82, 2.24) is 0 Å². The smallest absolute Gasteiger partial charge is 0.288 e. The molecule has 1 aliphatic rings. The van der Waals surface area contributed by atoms with Crippen LogP contribution in [0.5, 0.6) is 0 Å². The topological polar surface area (TPSA) is 64.4 Å². The standard InChI is InChI=1S/C13H17ClN2O3/c1-8-5-11(6-9(2)19-8)15-10-3-4-13(16(17)18)12(14)7-10/h3-4,7-9,11,15H,5-6H2,1-2H3. The van der Waals surface area contributed by atoms with E-state index in [1.165, 1.54) is 6.07 Å². The van der Waals surface area contributed by atoms with Crippen molar-refractivity contribution < 1.29 is 9.66 Å². The third-order valence-corrected chi connectivity index (χ3v) is 3.52. The highest BCUT2D eigenvalue weighted by atomic mass is 35.5. The summed E-state index contributed by atoms with van der Waals surface area (Å²) in [5.74, 6) is 0. The molecule has 6 heteroatoms. The first kappa shape index (κ1) is 14.1. The molecule has 0 aromatic heterocycles. The zero-order chi connectivity index (χ0) is 14.0. The molecule has 1 aromatic carbocycles. The van der Waals surface area contributed by atoms with E-state index in [2.05, 4.69) is 5.32 Å². The Labute approximate surface area is 117 Å². The largest absolute Gasteiger partial charge is 0.382 e. The number of rotatable bonds is 3. The van der Waals surface area contributed by atoms with Gasteiger partial charge in [0, 0.05) is 17.8 Å². The van der Waals surface area contributed by atoms with Gasteiger partial charge in [-0.15, -0.1) is 0 Å². The normalized spacial score (nSPS) is 27.0. The molecule has 1 aromatic rings. The van der Waals surface area contributed by atoms with E-state index in [0.717, 1.165) is 18.5 Å². The fourth-order valence-corrected chi connectivity index (χ4v) is 2.75. The third-order valence-electron chi connectivity index (χ3n) is 3.21. The van der Waals surface area contributed by atoms with Gasteiger partial charge in [-0.1, -0.05) is 11.6 Å². The van der Waals surface area contributed by atoms with E-state index in [1.807, 2.05) is 13.8 Å². The molecule has 2 atom stereocenters. The van der Waals surface area contributed by atoms with Crippen molar-refractivity contribution in [3.05, 3.63) is 33.3 Å². The average molecular weight is 285 g/mol. The predicted molar refractivity (Wildman–Crippen MR) is 74.8 cm³/mol. The van der Waals surface area contributed by atoms with Crippen molar-refractivity contribution >= 4 is 23.0 Å². The quantitative estimate of drug-likeness (QED) is 0.680. The lowest BCUT2D eigenvalue weighted by atomic mass is 9.99. The fourth-order valence-electron chi connectivity index (χ4n) is 2.50. The van der Waals surface area contributed by atoms with Crippen LogP contribution in [0.1, 0.15) is 26.7 Å². The molecular weight excluding hydrogens is 268 g/mol. The molecule has 0 amide bonds. The second-order valence-corrected chi connectivity index (χ2v) is 5.40. The van der Waals surface area contributed by atoms with Crippen LogP contribution in [0.15, 0.2) is 18.2 Å². The molecule has 1 heterocycles. The van der Waals surface area contributed by atoms with E-state index >= 15 is 0 Å². The van der Waals surface area contributed by atoms with Gasteiger partial charge in [-0.3, -0.25) is 10.1 Å². The Hall–Kier alpha value is -1.33. The van der Waals surface area contributed by atoms with Crippen molar-refractivity contribution in [2.24, 2.45) is 0 Å². The minimum atomic E-state index is -0.481. The number of nitrogens with zero attached hydrogens (tertiary/aromatic N) is 1. The van der Waals surface area contributed by atoms with Gasteiger partial charge in [0.15, 0.2) is 0 Å². The summed E-state index contributed by atoms with van der Waals surface area (Å²) in [6.45, 7) is 4.10. The van der Waals surface area contributed by atoms with Crippen molar-refractivity contribution in [1.29, 1.82) is 0 Å². The maximum absolute atomic E-state index is 10.7. The lowest BCUT2D eigenvalue weighted by Crippen LogP contribution is -2.36. The second-order valence-electron chi connectivity index (χ2n) is 4.99. The maximum atomic E-state index is 10.7. The summed E-state index contributed by atoms with van der Waals surface area (Å²) in [6.07, 6.45) is 2.27. The Kier molecular flexibility index (Phi) is 4.27. The minimum absolute atomic E-state index is 0.0686. The molecule has 104 valence electrons. The van der Waals surface area contributed by atoms with Crippen LogP contribution in [0, 0.1) is 10.1 Å². The van der Waals surface area contributed by atoms with Crippen molar-refractivity contribution in [2.45, 2.75) is 44.9 Å². The molecule has 5 nitrogen and oxygen atoms in total. The van der Waals surface area contributed by atoms with E-state index in [0.29, 0.717) is 6.04 Å². The van der Waals surface area contributed by atoms with Crippen LogP contribution in [0.3, 0.4) is 0 Å². The fraction of sp³-hybridized carbons (Fsp3) is 0.538. The monoisotopic (exact) mass is 284 g/mol. The Morgan fingerprint density at radius 3 is 2.53 bits per heavy atom. The number of ether oxygens (including phenoxy) is 1. The Balaban J connectivity index is 2.07. The molecule has 0 radical (unpaired) electrons. The summed E-state index contributed by atoms with van der Waals surface area (Å²) >= 11 is 5.89. The first-order valence-corrected chi connectivity index (χ1v) is 6.69. The highest BCUT2D eigenvalue weighted by Gasteiger charge is 2.24. The number of nitro groups is 1. The molecule has 0 spiro atoms. The number of nitro benzene ring substituents is 1. The Morgan fingerprint density at radius 1 is 1.37 bits per heavy atom. The van der Waals surface area contributed by atoms with Crippen LogP contribution in [0.4, 0.5) is 11.4 Å². The molecule has 2 rings (SSSR count). The maximum Gasteiger partial charge on any atom is 0.288 e. The van der Waals surface area contributed by atoms with Crippen LogP contribution < -0.4 is 5.32 Å². The van der Waals surface area contributed by atoms with Gasteiger partial charge in [0.05, 0.1) is 17.1 Å². The van der Waals surface area contributed by atoms with E-state index in [1.54, 1.807) is 12.1 Å². The van der Waals surface area contributed by atoms with Gasteiger partial charge in [0.2, 0.25) is 0 Å². The first-order valence-electron chi connectivity index (χ1n) is 6.31. The summed E-state index contributed by atoms with van der Waals surface area (Å²) in [5, 5.41) is 14.2. The van der Waals surface area contributed by atoms with Gasteiger partial charge in [-0.2, -0.15) is 0 Å². The van der Waals surface area contributed by atoms with Crippen LogP contribution >= 0.6 is 11.6 Å². The number of anilines is 1. The molecule has 0 bridgehead atoms. The van der Waals surface area contributed by atoms with Gasteiger partial charge in [0.25, 0.3) is 5.69 Å². The number of halogens is 1. The molecule has 1 saturated heterocycles.